The minimum absolute atomic E-state index is 0.0405. The van der Waals surface area contributed by atoms with Crippen LogP contribution in [0.15, 0.2) is 12.2 Å². The van der Waals surface area contributed by atoms with Crippen LogP contribution in [0.25, 0.3) is 0 Å². The van der Waals surface area contributed by atoms with Gasteiger partial charge in [0.15, 0.2) is 0 Å². The van der Waals surface area contributed by atoms with E-state index in [2.05, 4.69) is 6.58 Å². The topological polar surface area (TPSA) is 60.4 Å². The molecule has 0 bridgehead atoms. The second-order valence-corrected chi connectivity index (χ2v) is 3.95. The molecule has 0 aliphatic heterocycles. The molecule has 0 aliphatic carbocycles. The number of ketones is 2. The molecule has 0 saturated carbocycles. The van der Waals surface area contributed by atoms with Crippen molar-refractivity contribution in [2.75, 3.05) is 0 Å². The summed E-state index contributed by atoms with van der Waals surface area (Å²) in [4.78, 5) is 33.0. The zero-order chi connectivity index (χ0) is 12.7. The van der Waals surface area contributed by atoms with Gasteiger partial charge in [0.05, 0.1) is 12.5 Å². The van der Waals surface area contributed by atoms with Crippen LogP contribution in [0.5, 0.6) is 0 Å². The third-order valence-electron chi connectivity index (χ3n) is 1.93. The first-order chi connectivity index (χ1) is 7.32. The molecule has 0 fully saturated rings. The monoisotopic (exact) mass is 226 g/mol. The smallest absolute Gasteiger partial charge is 0.333 e. The zero-order valence-corrected chi connectivity index (χ0v) is 10.0. The van der Waals surface area contributed by atoms with E-state index in [0.29, 0.717) is 12.0 Å². The van der Waals surface area contributed by atoms with Gasteiger partial charge in [-0.3, -0.25) is 9.59 Å². The molecule has 0 radical (unpaired) electrons. The third-order valence-corrected chi connectivity index (χ3v) is 1.93. The van der Waals surface area contributed by atoms with Crippen molar-refractivity contribution in [1.82, 2.24) is 0 Å². The van der Waals surface area contributed by atoms with E-state index in [4.69, 9.17) is 4.74 Å². The SMILES string of the molecule is C=C(C)C(=O)OC(C)CCC(=O)CC(C)=O. The molecule has 1 unspecified atom stereocenters. The van der Waals surface area contributed by atoms with E-state index in [0.717, 1.165) is 0 Å². The lowest BCUT2D eigenvalue weighted by Gasteiger charge is -2.12. The average molecular weight is 226 g/mol. The Bertz CT molecular complexity index is 304. The van der Waals surface area contributed by atoms with E-state index in [1.165, 1.54) is 6.92 Å². The minimum Gasteiger partial charge on any atom is -0.459 e. The first-order valence-electron chi connectivity index (χ1n) is 5.20. The maximum absolute atomic E-state index is 11.2. The highest BCUT2D eigenvalue weighted by atomic mass is 16.5. The van der Waals surface area contributed by atoms with E-state index in [1.54, 1.807) is 13.8 Å². The van der Waals surface area contributed by atoms with Crippen molar-refractivity contribution in [3.63, 3.8) is 0 Å². The number of ether oxygens (including phenoxy) is 1. The summed E-state index contributed by atoms with van der Waals surface area (Å²) in [7, 11) is 0. The number of carbonyl (C=O) groups excluding carboxylic acids is 3. The van der Waals surface area contributed by atoms with Crippen LogP contribution in [0.1, 0.15) is 40.0 Å². The van der Waals surface area contributed by atoms with Crippen LogP contribution < -0.4 is 0 Å². The van der Waals surface area contributed by atoms with Gasteiger partial charge >= 0.3 is 5.97 Å². The summed E-state index contributed by atoms with van der Waals surface area (Å²) in [6.07, 6.45) is 0.316. The summed E-state index contributed by atoms with van der Waals surface area (Å²) in [5.74, 6) is -0.714. The molecule has 16 heavy (non-hydrogen) atoms. The second kappa shape index (κ2) is 6.93. The van der Waals surface area contributed by atoms with Gasteiger partial charge in [0.1, 0.15) is 11.6 Å². The fourth-order valence-electron chi connectivity index (χ4n) is 1.07. The van der Waals surface area contributed by atoms with E-state index >= 15 is 0 Å². The van der Waals surface area contributed by atoms with Crippen molar-refractivity contribution in [2.45, 2.75) is 46.1 Å². The summed E-state index contributed by atoms with van der Waals surface area (Å²) in [5, 5.41) is 0. The van der Waals surface area contributed by atoms with E-state index in [1.807, 2.05) is 0 Å². The van der Waals surface area contributed by atoms with Crippen LogP contribution in [0, 0.1) is 0 Å². The Hall–Kier alpha value is -1.45. The number of hydrogen-bond acceptors (Lipinski definition) is 4. The fraction of sp³-hybridized carbons (Fsp3) is 0.583. The quantitative estimate of drug-likeness (QED) is 0.377. The minimum atomic E-state index is -0.452. The van der Waals surface area contributed by atoms with Crippen molar-refractivity contribution in [3.8, 4) is 0 Å². The van der Waals surface area contributed by atoms with E-state index < -0.39 is 5.97 Å². The normalized spacial score (nSPS) is 11.7. The predicted molar refractivity (Wildman–Crippen MR) is 59.9 cm³/mol. The maximum atomic E-state index is 11.2. The van der Waals surface area contributed by atoms with Gasteiger partial charge < -0.3 is 4.74 Å². The predicted octanol–water partition coefficient (Wildman–Crippen LogP) is 1.82. The number of Topliss-reactive ketones (excluding diaryl/α,β-unsaturated/α-hetero) is 2. The molecule has 0 amide bonds. The van der Waals surface area contributed by atoms with E-state index in [9.17, 15) is 14.4 Å². The molecule has 0 heterocycles. The van der Waals surface area contributed by atoms with Crippen molar-refractivity contribution in [1.29, 1.82) is 0 Å². The molecule has 90 valence electrons. The Balaban J connectivity index is 3.85. The van der Waals surface area contributed by atoms with Crippen molar-refractivity contribution in [3.05, 3.63) is 12.2 Å². The Morgan fingerprint density at radius 2 is 1.81 bits per heavy atom. The highest BCUT2D eigenvalue weighted by molar-refractivity contribution is 5.97. The summed E-state index contributed by atoms with van der Waals surface area (Å²) in [5.41, 5.74) is 0.335. The van der Waals surface area contributed by atoms with Crippen LogP contribution >= 0.6 is 0 Å². The lowest BCUT2D eigenvalue weighted by Crippen LogP contribution is -2.17. The first kappa shape index (κ1) is 14.6. The Morgan fingerprint density at radius 1 is 1.25 bits per heavy atom. The van der Waals surface area contributed by atoms with Gasteiger partial charge in [0, 0.05) is 12.0 Å². The van der Waals surface area contributed by atoms with Gasteiger partial charge in [0.2, 0.25) is 0 Å². The number of rotatable bonds is 7. The van der Waals surface area contributed by atoms with Crippen molar-refractivity contribution < 1.29 is 19.1 Å². The van der Waals surface area contributed by atoms with Crippen LogP contribution in [-0.2, 0) is 19.1 Å². The molecule has 1 atom stereocenters. The average Bonchev–Trinajstić information content (AvgIpc) is 2.13. The molecule has 0 aromatic carbocycles. The van der Waals surface area contributed by atoms with Gasteiger partial charge in [-0.15, -0.1) is 0 Å². The molecule has 0 saturated heterocycles. The molecule has 4 heteroatoms. The Morgan fingerprint density at radius 3 is 2.25 bits per heavy atom. The zero-order valence-electron chi connectivity index (χ0n) is 10.0. The molecule has 0 aromatic heterocycles. The standard InChI is InChI=1S/C12H18O4/c1-8(2)12(15)16-10(4)5-6-11(14)7-9(3)13/h10H,1,5-7H2,2-4H3. The highest BCUT2D eigenvalue weighted by Gasteiger charge is 2.12. The van der Waals surface area contributed by atoms with Gasteiger partial charge in [-0.1, -0.05) is 6.58 Å². The van der Waals surface area contributed by atoms with Gasteiger partial charge in [-0.05, 0) is 27.2 Å². The van der Waals surface area contributed by atoms with E-state index in [-0.39, 0.29) is 30.5 Å². The molecule has 4 nitrogen and oxygen atoms in total. The summed E-state index contributed by atoms with van der Waals surface area (Å²) in [6.45, 7) is 8.11. The summed E-state index contributed by atoms with van der Waals surface area (Å²) in [6, 6.07) is 0. The first-order valence-corrected chi connectivity index (χ1v) is 5.20. The van der Waals surface area contributed by atoms with Gasteiger partial charge in [-0.2, -0.15) is 0 Å². The van der Waals surface area contributed by atoms with Gasteiger partial charge in [0.25, 0.3) is 0 Å². The van der Waals surface area contributed by atoms with Crippen LogP contribution in [0.2, 0.25) is 0 Å². The number of carbonyl (C=O) groups is 3. The third kappa shape index (κ3) is 6.92. The lowest BCUT2D eigenvalue weighted by molar-refractivity contribution is -0.144. The molecule has 0 aliphatic rings. The highest BCUT2D eigenvalue weighted by Crippen LogP contribution is 2.06. The molecule has 0 rings (SSSR count). The summed E-state index contributed by atoms with van der Waals surface area (Å²) >= 11 is 0. The molecular formula is C12H18O4. The molecule has 0 N–H and O–H groups in total. The van der Waals surface area contributed by atoms with Crippen molar-refractivity contribution in [2.24, 2.45) is 0 Å². The van der Waals surface area contributed by atoms with Crippen molar-refractivity contribution >= 4 is 17.5 Å². The number of hydrogen-bond donors (Lipinski definition) is 0. The Kier molecular flexibility index (Phi) is 6.30. The lowest BCUT2D eigenvalue weighted by atomic mass is 10.1. The largest absolute Gasteiger partial charge is 0.459 e. The molecule has 0 aromatic rings. The fourth-order valence-corrected chi connectivity index (χ4v) is 1.07. The molecule has 0 spiro atoms. The maximum Gasteiger partial charge on any atom is 0.333 e. The van der Waals surface area contributed by atoms with Crippen LogP contribution in [0.3, 0.4) is 0 Å². The summed E-state index contributed by atoms with van der Waals surface area (Å²) < 4.78 is 4.99. The Labute approximate surface area is 95.7 Å². The molecular weight excluding hydrogens is 208 g/mol. The number of esters is 1. The second-order valence-electron chi connectivity index (χ2n) is 3.95. The van der Waals surface area contributed by atoms with Crippen LogP contribution in [-0.4, -0.2) is 23.6 Å². The van der Waals surface area contributed by atoms with Crippen LogP contribution in [0.4, 0.5) is 0 Å². The van der Waals surface area contributed by atoms with Gasteiger partial charge in [-0.25, -0.2) is 4.79 Å².